The van der Waals surface area contributed by atoms with Crippen LogP contribution in [0, 0.1) is 0 Å². The fraction of sp³-hybridized carbons (Fsp3) is 0.375. The van der Waals surface area contributed by atoms with E-state index in [1.165, 1.54) is 34.9 Å². The third kappa shape index (κ3) is 2.17. The maximum absolute atomic E-state index is 12.3. The molecule has 7 nitrogen and oxygen atoms in total. The van der Waals surface area contributed by atoms with Gasteiger partial charge in [-0.3, -0.25) is 19.3 Å². The average molecular weight is 344 g/mol. The second-order valence-corrected chi connectivity index (χ2v) is 7.13. The molecule has 4 rings (SSSR count). The van der Waals surface area contributed by atoms with Gasteiger partial charge in [-0.2, -0.15) is 0 Å². The number of thiazole rings is 1. The van der Waals surface area contributed by atoms with E-state index in [9.17, 15) is 14.4 Å². The number of primary amides is 1. The van der Waals surface area contributed by atoms with Crippen LogP contribution in [-0.4, -0.2) is 27.6 Å². The number of nitrogens with two attached hydrogens (primary N) is 1. The van der Waals surface area contributed by atoms with Crippen molar-refractivity contribution in [2.75, 3.05) is 0 Å². The summed E-state index contributed by atoms with van der Waals surface area (Å²) >= 11 is 1.38. The highest BCUT2D eigenvalue weighted by Crippen LogP contribution is 2.40. The van der Waals surface area contributed by atoms with Crippen molar-refractivity contribution >= 4 is 29.1 Å². The third-order valence-corrected chi connectivity index (χ3v) is 5.78. The molecule has 3 N–H and O–H groups in total. The number of hydrogen-bond acceptors (Lipinski definition) is 5. The van der Waals surface area contributed by atoms with E-state index < -0.39 is 17.2 Å². The van der Waals surface area contributed by atoms with Crippen molar-refractivity contribution in [1.29, 1.82) is 0 Å². The Bertz CT molecular complexity index is 808. The van der Waals surface area contributed by atoms with Crippen molar-refractivity contribution in [3.63, 3.8) is 0 Å². The van der Waals surface area contributed by atoms with E-state index in [1.807, 2.05) is 5.38 Å². The van der Waals surface area contributed by atoms with Gasteiger partial charge >= 0.3 is 0 Å². The van der Waals surface area contributed by atoms with E-state index in [2.05, 4.69) is 10.3 Å². The van der Waals surface area contributed by atoms with Crippen LogP contribution in [0.25, 0.3) is 0 Å². The van der Waals surface area contributed by atoms with Crippen LogP contribution in [0.3, 0.4) is 0 Å². The molecular formula is C16H16N4O3S. The van der Waals surface area contributed by atoms with Crippen LogP contribution in [0.1, 0.15) is 42.3 Å². The predicted octanol–water partition coefficient (Wildman–Crippen LogP) is 0.851. The third-order valence-electron chi connectivity index (χ3n) is 4.77. The number of amides is 3. The smallest absolute Gasteiger partial charge is 0.241 e. The normalized spacial score (nSPS) is 26.5. The lowest BCUT2D eigenvalue weighted by Crippen LogP contribution is -2.49. The maximum Gasteiger partial charge on any atom is 0.241 e. The first-order valence-electron chi connectivity index (χ1n) is 7.79. The Morgan fingerprint density at radius 3 is 2.88 bits per heavy atom. The molecule has 1 saturated carbocycles. The molecule has 2 fully saturated rings. The predicted molar refractivity (Wildman–Crippen MR) is 86.4 cm³/mol. The van der Waals surface area contributed by atoms with E-state index in [0.717, 1.165) is 18.5 Å². The van der Waals surface area contributed by atoms with Gasteiger partial charge in [-0.1, -0.05) is 6.42 Å². The largest absolute Gasteiger partial charge is 0.368 e. The lowest BCUT2D eigenvalue weighted by molar-refractivity contribution is -0.136. The molecule has 8 heteroatoms. The number of carbonyl (C=O) groups excluding carboxylic acids is 3. The minimum Gasteiger partial charge on any atom is -0.368 e. The van der Waals surface area contributed by atoms with Gasteiger partial charge in [0.15, 0.2) is 0 Å². The number of aromatic nitrogens is 1. The second kappa shape index (κ2) is 5.27. The number of rotatable bonds is 3. The quantitative estimate of drug-likeness (QED) is 0.793. The highest BCUT2D eigenvalue weighted by atomic mass is 32.1. The van der Waals surface area contributed by atoms with E-state index in [0.29, 0.717) is 10.9 Å². The Morgan fingerprint density at radius 1 is 1.42 bits per heavy atom. The van der Waals surface area contributed by atoms with E-state index >= 15 is 0 Å². The molecule has 1 unspecified atom stereocenters. The Balaban J connectivity index is 1.75. The van der Waals surface area contributed by atoms with Crippen LogP contribution in [0.15, 0.2) is 29.6 Å². The van der Waals surface area contributed by atoms with E-state index in [-0.39, 0.29) is 18.1 Å². The molecule has 0 radical (unpaired) electrons. The summed E-state index contributed by atoms with van der Waals surface area (Å²) in [4.78, 5) is 41.8. The molecule has 3 aliphatic rings. The van der Waals surface area contributed by atoms with Crippen LogP contribution in [-0.2, 0) is 19.8 Å². The monoisotopic (exact) mass is 344 g/mol. The van der Waals surface area contributed by atoms with Gasteiger partial charge in [-0.05, 0) is 25.0 Å². The molecule has 1 aromatic heterocycles. The lowest BCUT2D eigenvalue weighted by Gasteiger charge is -2.34. The fourth-order valence-electron chi connectivity index (χ4n) is 3.09. The number of carbonyl (C=O) groups is 3. The number of nitrogens with one attached hydrogen (secondary N) is 1. The molecule has 1 atom stereocenters. The molecule has 2 aliphatic heterocycles. The van der Waals surface area contributed by atoms with Gasteiger partial charge in [-0.15, -0.1) is 11.3 Å². The Labute approximate surface area is 142 Å². The topological polar surface area (TPSA) is 105 Å². The molecule has 0 aromatic carbocycles. The van der Waals surface area contributed by atoms with Gasteiger partial charge in [0.2, 0.25) is 17.7 Å². The van der Waals surface area contributed by atoms with E-state index in [4.69, 9.17) is 5.73 Å². The highest BCUT2D eigenvalue weighted by Gasteiger charge is 2.43. The van der Waals surface area contributed by atoms with Crippen molar-refractivity contribution in [2.45, 2.75) is 37.0 Å². The van der Waals surface area contributed by atoms with Crippen molar-refractivity contribution in [3.8, 4) is 0 Å². The summed E-state index contributed by atoms with van der Waals surface area (Å²) in [5.41, 5.74) is 5.41. The Kier molecular flexibility index (Phi) is 3.31. The van der Waals surface area contributed by atoms with Crippen LogP contribution in [0.4, 0.5) is 0 Å². The van der Waals surface area contributed by atoms with Crippen molar-refractivity contribution in [1.82, 2.24) is 15.2 Å². The average Bonchev–Trinajstić information content (AvgIpc) is 2.94. The summed E-state index contributed by atoms with van der Waals surface area (Å²) in [6.07, 6.45) is 7.81. The van der Waals surface area contributed by atoms with E-state index in [1.54, 1.807) is 6.08 Å². The molecule has 124 valence electrons. The first kappa shape index (κ1) is 15.1. The minimum absolute atomic E-state index is 0.214. The maximum atomic E-state index is 12.3. The first-order valence-corrected chi connectivity index (χ1v) is 8.67. The zero-order valence-corrected chi connectivity index (χ0v) is 13.6. The van der Waals surface area contributed by atoms with Gasteiger partial charge in [-0.25, -0.2) is 4.98 Å². The minimum atomic E-state index is -1.25. The van der Waals surface area contributed by atoms with Gasteiger partial charge in [0.05, 0.1) is 5.69 Å². The molecular weight excluding hydrogens is 328 g/mol. The number of hydrogen-bond donors (Lipinski definition) is 2. The molecule has 3 heterocycles. The summed E-state index contributed by atoms with van der Waals surface area (Å²) in [7, 11) is 0. The zero-order valence-electron chi connectivity index (χ0n) is 12.8. The molecule has 1 aliphatic carbocycles. The Hall–Kier alpha value is -2.48. The van der Waals surface area contributed by atoms with Crippen LogP contribution in [0.2, 0.25) is 0 Å². The van der Waals surface area contributed by atoms with Crippen LogP contribution >= 0.6 is 11.3 Å². The molecule has 0 spiro atoms. The Morgan fingerprint density at radius 2 is 2.21 bits per heavy atom. The molecule has 24 heavy (non-hydrogen) atoms. The van der Waals surface area contributed by atoms with Crippen molar-refractivity contribution in [3.05, 3.63) is 40.3 Å². The van der Waals surface area contributed by atoms with Gasteiger partial charge < -0.3 is 11.1 Å². The van der Waals surface area contributed by atoms with Gasteiger partial charge in [0.25, 0.3) is 0 Å². The van der Waals surface area contributed by atoms with Crippen molar-refractivity contribution < 1.29 is 14.4 Å². The SMILES string of the molecule is NC(=O)C1(c2nc(C3CCC3)cs2)C=CN2C(=O)CC(=O)NC2=C1. The summed E-state index contributed by atoms with van der Waals surface area (Å²) < 4.78 is 0. The number of nitrogens with zero attached hydrogens (tertiary/aromatic N) is 2. The highest BCUT2D eigenvalue weighted by molar-refractivity contribution is 7.10. The molecule has 0 bridgehead atoms. The zero-order chi connectivity index (χ0) is 16.9. The summed E-state index contributed by atoms with van der Waals surface area (Å²) in [5.74, 6) is -0.614. The van der Waals surface area contributed by atoms with Crippen molar-refractivity contribution in [2.24, 2.45) is 5.73 Å². The second-order valence-electron chi connectivity index (χ2n) is 6.27. The summed E-state index contributed by atoms with van der Waals surface area (Å²) in [6.45, 7) is 0. The number of fused-ring (bicyclic) bond motifs is 1. The standard InChI is InChI=1S/C16H16N4O3S/c17-14(23)16(15-18-10(8-24-15)9-2-1-3-9)4-5-20-11(7-16)19-12(21)6-13(20)22/h4-5,7-9H,1-3,6H2,(H2,17,23)(H,19,21). The summed E-state index contributed by atoms with van der Waals surface area (Å²) in [6, 6.07) is 0. The molecule has 3 amide bonds. The van der Waals surface area contributed by atoms with Gasteiger partial charge in [0.1, 0.15) is 22.7 Å². The van der Waals surface area contributed by atoms with Crippen LogP contribution < -0.4 is 11.1 Å². The fourth-order valence-corrected chi connectivity index (χ4v) is 4.15. The summed E-state index contributed by atoms with van der Waals surface area (Å²) in [5, 5.41) is 5.15. The molecule has 1 aromatic rings. The first-order chi connectivity index (χ1) is 11.5. The lowest BCUT2D eigenvalue weighted by atomic mass is 9.82. The van der Waals surface area contributed by atoms with Crippen LogP contribution in [0.5, 0.6) is 0 Å². The molecule has 1 saturated heterocycles. The van der Waals surface area contributed by atoms with Gasteiger partial charge in [0, 0.05) is 17.5 Å².